The third kappa shape index (κ3) is 8.67. The summed E-state index contributed by atoms with van der Waals surface area (Å²) in [5.41, 5.74) is 0.388. The Morgan fingerprint density at radius 1 is 0.921 bits per heavy atom. The molecule has 0 saturated carbocycles. The summed E-state index contributed by atoms with van der Waals surface area (Å²) in [7, 11) is 2.94. The number of benzene rings is 2. The van der Waals surface area contributed by atoms with Crippen molar-refractivity contribution in [2.24, 2.45) is 0 Å². The molecular formula is C27H33NO10. The minimum atomic E-state index is -1.14. The summed E-state index contributed by atoms with van der Waals surface area (Å²) >= 11 is 0. The number of carboxylic acids is 1. The van der Waals surface area contributed by atoms with Gasteiger partial charge in [-0.05, 0) is 24.5 Å². The number of aliphatic hydroxyl groups excluding tert-OH is 3. The summed E-state index contributed by atoms with van der Waals surface area (Å²) in [5.74, 6) is -0.775. The topological polar surface area (TPSA) is 171 Å². The highest BCUT2D eigenvalue weighted by atomic mass is 16.5. The van der Waals surface area contributed by atoms with Crippen LogP contribution in [-0.2, 0) is 11.2 Å². The first-order chi connectivity index (χ1) is 18.3. The van der Waals surface area contributed by atoms with E-state index in [1.165, 1.54) is 20.3 Å². The molecule has 3 rings (SSSR count). The molecule has 38 heavy (non-hydrogen) atoms. The fourth-order valence-electron chi connectivity index (χ4n) is 3.68. The minimum Gasteiger partial charge on any atom is -0.550 e. The van der Waals surface area contributed by atoms with Gasteiger partial charge in [-0.15, -0.1) is 0 Å². The Bertz CT molecular complexity index is 1240. The highest BCUT2D eigenvalue weighted by Gasteiger charge is 2.18. The van der Waals surface area contributed by atoms with Gasteiger partial charge in [-0.1, -0.05) is 24.3 Å². The molecule has 0 aliphatic heterocycles. The van der Waals surface area contributed by atoms with Gasteiger partial charge in [0.05, 0.1) is 39.4 Å². The van der Waals surface area contributed by atoms with Crippen molar-refractivity contribution in [1.82, 2.24) is 0 Å². The van der Waals surface area contributed by atoms with Crippen LogP contribution in [0.4, 0.5) is 0 Å². The number of nitrogens with one attached hydrogen (secondary N) is 1. The number of methoxy groups -OCH3 is 2. The predicted octanol–water partition coefficient (Wildman–Crippen LogP) is -1.43. The highest BCUT2D eigenvalue weighted by molar-refractivity contribution is 6.10. The molecule has 0 aliphatic rings. The van der Waals surface area contributed by atoms with Gasteiger partial charge < -0.3 is 44.0 Å². The summed E-state index contributed by atoms with van der Waals surface area (Å²) in [6.45, 7) is 2.11. The van der Waals surface area contributed by atoms with Crippen LogP contribution in [0.1, 0.15) is 27.9 Å². The quantitative estimate of drug-likeness (QED) is 0.151. The SMILES string of the molecule is COc1cc(OC)c2cc(C(=O)c3ccc(CCC(=O)[O-])cc3)c(=O)oc2c1.OCC[NH+](CCO)CCO. The number of quaternary nitrogens is 1. The monoisotopic (exact) mass is 531 g/mol. The Hall–Kier alpha value is -3.77. The predicted molar refractivity (Wildman–Crippen MR) is 136 cm³/mol. The molecule has 0 aliphatic carbocycles. The summed E-state index contributed by atoms with van der Waals surface area (Å²) in [4.78, 5) is 36.7. The average molecular weight is 532 g/mol. The Morgan fingerprint density at radius 3 is 2.03 bits per heavy atom. The van der Waals surface area contributed by atoms with Crippen LogP contribution in [0.3, 0.4) is 0 Å². The van der Waals surface area contributed by atoms with Crippen molar-refractivity contribution in [2.45, 2.75) is 12.8 Å². The number of aliphatic hydroxyl groups is 3. The first-order valence-electron chi connectivity index (χ1n) is 12.0. The Morgan fingerprint density at radius 2 is 1.53 bits per heavy atom. The molecule has 0 bridgehead atoms. The van der Waals surface area contributed by atoms with Gasteiger partial charge >= 0.3 is 5.63 Å². The van der Waals surface area contributed by atoms with Crippen LogP contribution in [0.5, 0.6) is 11.5 Å². The second-order valence-corrected chi connectivity index (χ2v) is 8.26. The third-order valence-electron chi connectivity index (χ3n) is 5.72. The van der Waals surface area contributed by atoms with E-state index < -0.39 is 17.4 Å². The van der Waals surface area contributed by atoms with Crippen molar-refractivity contribution in [2.75, 3.05) is 53.7 Å². The molecule has 0 fully saturated rings. The normalized spacial score (nSPS) is 10.7. The zero-order chi connectivity index (χ0) is 28.1. The molecule has 1 heterocycles. The van der Waals surface area contributed by atoms with Crippen LogP contribution < -0.4 is 25.1 Å². The van der Waals surface area contributed by atoms with Gasteiger partial charge in [0, 0.05) is 23.7 Å². The first kappa shape index (κ1) is 30.5. The van der Waals surface area contributed by atoms with E-state index in [-0.39, 0.29) is 43.0 Å². The van der Waals surface area contributed by atoms with Crippen molar-refractivity contribution in [1.29, 1.82) is 0 Å². The maximum atomic E-state index is 12.8. The van der Waals surface area contributed by atoms with Crippen LogP contribution in [0.25, 0.3) is 11.0 Å². The Kier molecular flexibility index (Phi) is 12.4. The summed E-state index contributed by atoms with van der Waals surface area (Å²) in [5, 5.41) is 36.5. The van der Waals surface area contributed by atoms with Gasteiger partial charge in [0.25, 0.3) is 0 Å². The van der Waals surface area contributed by atoms with Crippen LogP contribution in [0.15, 0.2) is 51.7 Å². The number of hydrogen-bond donors (Lipinski definition) is 4. The number of hydrogen-bond acceptors (Lipinski definition) is 10. The molecule has 0 spiro atoms. The van der Waals surface area contributed by atoms with E-state index in [4.69, 9.17) is 29.2 Å². The number of aryl methyl sites for hydroxylation is 1. The zero-order valence-electron chi connectivity index (χ0n) is 21.4. The van der Waals surface area contributed by atoms with E-state index in [9.17, 15) is 19.5 Å². The molecule has 0 unspecified atom stereocenters. The lowest BCUT2D eigenvalue weighted by Gasteiger charge is -2.15. The lowest BCUT2D eigenvalue weighted by atomic mass is 10.0. The molecule has 0 atom stereocenters. The van der Waals surface area contributed by atoms with Crippen LogP contribution in [-0.4, -0.2) is 80.7 Å². The largest absolute Gasteiger partial charge is 0.550 e. The van der Waals surface area contributed by atoms with Crippen molar-refractivity contribution in [3.05, 3.63) is 69.6 Å². The molecule has 206 valence electrons. The number of rotatable bonds is 13. The summed E-state index contributed by atoms with van der Waals surface area (Å²) in [6, 6.07) is 11.0. The van der Waals surface area contributed by atoms with Crippen molar-refractivity contribution >= 4 is 22.7 Å². The van der Waals surface area contributed by atoms with E-state index >= 15 is 0 Å². The van der Waals surface area contributed by atoms with Gasteiger partial charge in [-0.2, -0.15) is 0 Å². The molecule has 0 amide bonds. The number of fused-ring (bicyclic) bond motifs is 1. The number of ketones is 1. The van der Waals surface area contributed by atoms with Crippen molar-refractivity contribution in [3.8, 4) is 11.5 Å². The number of carboxylic acid groups (broad SMARTS) is 1. The molecule has 4 N–H and O–H groups in total. The lowest BCUT2D eigenvalue weighted by molar-refractivity contribution is -0.901. The molecule has 3 aromatic rings. The van der Waals surface area contributed by atoms with Gasteiger partial charge in [0.15, 0.2) is 5.78 Å². The fraction of sp³-hybridized carbons (Fsp3) is 0.370. The summed E-state index contributed by atoms with van der Waals surface area (Å²) < 4.78 is 15.8. The van der Waals surface area contributed by atoms with Crippen LogP contribution in [0, 0.1) is 0 Å². The zero-order valence-corrected chi connectivity index (χ0v) is 21.4. The number of ether oxygens (including phenoxy) is 2. The van der Waals surface area contributed by atoms with Gasteiger partial charge in [-0.3, -0.25) is 4.79 Å². The Labute approximate surface area is 219 Å². The third-order valence-corrected chi connectivity index (χ3v) is 5.72. The minimum absolute atomic E-state index is 0.106. The number of carbonyl (C=O) groups excluding carboxylic acids is 2. The fourth-order valence-corrected chi connectivity index (χ4v) is 3.68. The van der Waals surface area contributed by atoms with Crippen molar-refractivity contribution < 1.29 is 48.8 Å². The van der Waals surface area contributed by atoms with Gasteiger partial charge in [-0.25, -0.2) is 4.79 Å². The standard InChI is InChI=1S/C21H18O7.C6H15NO3/c1-26-14-9-17(27-2)15-11-16(21(25)28-18(15)10-14)20(24)13-6-3-12(4-7-13)5-8-19(22)23;8-4-1-7(2-5-9)3-6-10/h3-4,6-7,9-11H,5,8H2,1-2H3,(H,22,23);8-10H,1-6H2. The van der Waals surface area contributed by atoms with E-state index in [0.29, 0.717) is 42.9 Å². The molecule has 11 heteroatoms. The Balaban J connectivity index is 0.000000432. The van der Waals surface area contributed by atoms with E-state index in [2.05, 4.69) is 0 Å². The first-order valence-corrected chi connectivity index (χ1v) is 12.0. The van der Waals surface area contributed by atoms with E-state index in [1.807, 2.05) is 0 Å². The van der Waals surface area contributed by atoms with E-state index in [0.717, 1.165) is 10.5 Å². The average Bonchev–Trinajstić information content (AvgIpc) is 2.91. The maximum Gasteiger partial charge on any atom is 0.347 e. The highest BCUT2D eigenvalue weighted by Crippen LogP contribution is 2.31. The number of aliphatic carboxylic acids is 1. The second kappa shape index (κ2) is 15.5. The van der Waals surface area contributed by atoms with Crippen LogP contribution >= 0.6 is 0 Å². The van der Waals surface area contributed by atoms with Gasteiger partial charge in [0.1, 0.15) is 42.3 Å². The molecule has 0 saturated heterocycles. The lowest BCUT2D eigenvalue weighted by Crippen LogP contribution is -3.13. The van der Waals surface area contributed by atoms with Crippen molar-refractivity contribution in [3.63, 3.8) is 0 Å². The molecular weight excluding hydrogens is 498 g/mol. The smallest absolute Gasteiger partial charge is 0.347 e. The van der Waals surface area contributed by atoms with Gasteiger partial charge in [0.2, 0.25) is 0 Å². The molecule has 1 aromatic heterocycles. The molecule has 2 aromatic carbocycles. The molecule has 11 nitrogen and oxygen atoms in total. The number of carbonyl (C=O) groups is 2. The van der Waals surface area contributed by atoms with Crippen LogP contribution in [0.2, 0.25) is 0 Å². The van der Waals surface area contributed by atoms with E-state index in [1.54, 1.807) is 36.4 Å². The second-order valence-electron chi connectivity index (χ2n) is 8.26. The molecule has 0 radical (unpaired) electrons. The summed E-state index contributed by atoms with van der Waals surface area (Å²) in [6.07, 6.45) is 0.193. The maximum absolute atomic E-state index is 12.8.